The summed E-state index contributed by atoms with van der Waals surface area (Å²) in [6.45, 7) is 5.59. The van der Waals surface area contributed by atoms with Crippen LogP contribution < -0.4 is 14.8 Å². The summed E-state index contributed by atoms with van der Waals surface area (Å²) in [5, 5.41) is 3.92. The van der Waals surface area contributed by atoms with Crippen molar-refractivity contribution >= 4 is 27.5 Å². The SMILES string of the molecule is CCOc1cc(CN[C@@H](C)CCc2ccccc2)cc(Br)c1OCc1ccc(F)cc1Cl. The van der Waals surface area contributed by atoms with Gasteiger partial charge in [-0.3, -0.25) is 0 Å². The summed E-state index contributed by atoms with van der Waals surface area (Å²) in [4.78, 5) is 0. The minimum Gasteiger partial charge on any atom is -0.490 e. The first kappa shape index (κ1) is 24.6. The summed E-state index contributed by atoms with van der Waals surface area (Å²) in [5.74, 6) is 0.895. The third kappa shape index (κ3) is 7.22. The maximum absolute atomic E-state index is 13.3. The van der Waals surface area contributed by atoms with Crippen LogP contribution in [0.2, 0.25) is 5.02 Å². The van der Waals surface area contributed by atoms with Gasteiger partial charge in [-0.05, 0) is 78.0 Å². The predicted octanol–water partition coefficient (Wildman–Crippen LogP) is 7.33. The lowest BCUT2D eigenvalue weighted by Gasteiger charge is -2.18. The van der Waals surface area contributed by atoms with Gasteiger partial charge in [0, 0.05) is 18.2 Å². The Bertz CT molecular complexity index is 1020. The first-order valence-electron chi connectivity index (χ1n) is 10.8. The summed E-state index contributed by atoms with van der Waals surface area (Å²) in [6, 6.07) is 19.2. The molecule has 0 aliphatic heterocycles. The summed E-state index contributed by atoms with van der Waals surface area (Å²) in [7, 11) is 0. The minimum atomic E-state index is -0.371. The third-order valence-electron chi connectivity index (χ3n) is 5.12. The van der Waals surface area contributed by atoms with Crippen LogP contribution in [0.4, 0.5) is 4.39 Å². The molecule has 0 radical (unpaired) electrons. The van der Waals surface area contributed by atoms with E-state index in [0.717, 1.165) is 29.4 Å². The molecule has 1 atom stereocenters. The number of rotatable bonds is 11. The largest absolute Gasteiger partial charge is 0.490 e. The molecule has 0 heterocycles. The summed E-state index contributed by atoms with van der Waals surface area (Å²) in [5.41, 5.74) is 3.16. The lowest BCUT2D eigenvalue weighted by molar-refractivity contribution is 0.267. The van der Waals surface area contributed by atoms with Crippen LogP contribution in [0.3, 0.4) is 0 Å². The van der Waals surface area contributed by atoms with Crippen LogP contribution in [0.25, 0.3) is 0 Å². The van der Waals surface area contributed by atoms with Crippen molar-refractivity contribution in [3.05, 3.63) is 92.7 Å². The highest BCUT2D eigenvalue weighted by Gasteiger charge is 2.14. The first-order valence-corrected chi connectivity index (χ1v) is 11.9. The Morgan fingerprint density at radius 3 is 2.53 bits per heavy atom. The van der Waals surface area contributed by atoms with Gasteiger partial charge >= 0.3 is 0 Å². The summed E-state index contributed by atoms with van der Waals surface area (Å²) < 4.78 is 25.9. The molecule has 0 aliphatic rings. The second kappa shape index (κ2) is 12.2. The smallest absolute Gasteiger partial charge is 0.175 e. The molecule has 3 aromatic carbocycles. The molecule has 0 saturated heterocycles. The van der Waals surface area contributed by atoms with Crippen molar-refractivity contribution in [1.29, 1.82) is 0 Å². The molecule has 170 valence electrons. The standard InChI is InChI=1S/C26H28BrClFNO2/c1-3-31-25-14-20(16-30-18(2)9-10-19-7-5-4-6-8-19)13-23(27)26(25)32-17-21-11-12-22(29)15-24(21)28/h4-8,11-15,18,30H,3,9-10,16-17H2,1-2H3/t18-/m0/s1. The Labute approximate surface area is 203 Å². The van der Waals surface area contributed by atoms with Crippen LogP contribution >= 0.6 is 27.5 Å². The quantitative estimate of drug-likeness (QED) is 0.287. The van der Waals surface area contributed by atoms with Crippen LogP contribution in [-0.4, -0.2) is 12.6 Å². The molecule has 0 unspecified atom stereocenters. The van der Waals surface area contributed by atoms with Crippen molar-refractivity contribution < 1.29 is 13.9 Å². The molecule has 0 aliphatic carbocycles. The Morgan fingerprint density at radius 1 is 1.03 bits per heavy atom. The molecule has 0 saturated carbocycles. The third-order valence-corrected chi connectivity index (χ3v) is 6.06. The fourth-order valence-corrected chi connectivity index (χ4v) is 4.16. The number of halogens is 3. The topological polar surface area (TPSA) is 30.5 Å². The molecule has 3 rings (SSSR count). The predicted molar refractivity (Wildman–Crippen MR) is 132 cm³/mol. The van der Waals surface area contributed by atoms with Crippen molar-refractivity contribution in [3.63, 3.8) is 0 Å². The number of ether oxygens (including phenoxy) is 2. The molecular formula is C26H28BrClFNO2. The van der Waals surface area contributed by atoms with E-state index < -0.39 is 0 Å². The van der Waals surface area contributed by atoms with Crippen molar-refractivity contribution in [1.82, 2.24) is 5.32 Å². The van der Waals surface area contributed by atoms with Gasteiger partial charge in [0.05, 0.1) is 16.1 Å². The lowest BCUT2D eigenvalue weighted by atomic mass is 10.1. The number of benzene rings is 3. The van der Waals surface area contributed by atoms with E-state index in [1.54, 1.807) is 6.07 Å². The van der Waals surface area contributed by atoms with Crippen LogP contribution in [-0.2, 0) is 19.6 Å². The number of aryl methyl sites for hydroxylation is 1. The molecule has 0 aromatic heterocycles. The maximum Gasteiger partial charge on any atom is 0.175 e. The molecule has 1 N–H and O–H groups in total. The van der Waals surface area contributed by atoms with E-state index in [-0.39, 0.29) is 12.4 Å². The van der Waals surface area contributed by atoms with Gasteiger partial charge in [-0.1, -0.05) is 48.0 Å². The molecule has 3 aromatic rings. The highest BCUT2D eigenvalue weighted by molar-refractivity contribution is 9.10. The Morgan fingerprint density at radius 2 is 1.81 bits per heavy atom. The normalized spacial score (nSPS) is 11.9. The molecular weight excluding hydrogens is 493 g/mol. The van der Waals surface area contributed by atoms with Crippen molar-refractivity contribution in [2.45, 2.75) is 45.9 Å². The monoisotopic (exact) mass is 519 g/mol. The fraction of sp³-hybridized carbons (Fsp3) is 0.308. The van der Waals surface area contributed by atoms with Crippen LogP contribution in [0.15, 0.2) is 65.1 Å². The highest BCUT2D eigenvalue weighted by Crippen LogP contribution is 2.38. The summed E-state index contributed by atoms with van der Waals surface area (Å²) in [6.07, 6.45) is 2.10. The van der Waals surface area contributed by atoms with E-state index in [2.05, 4.69) is 52.4 Å². The Balaban J connectivity index is 1.62. The molecule has 6 heteroatoms. The molecule has 32 heavy (non-hydrogen) atoms. The molecule has 0 bridgehead atoms. The second-order valence-electron chi connectivity index (χ2n) is 7.67. The minimum absolute atomic E-state index is 0.214. The van der Waals surface area contributed by atoms with Gasteiger partial charge in [0.2, 0.25) is 0 Å². The Kier molecular flexibility index (Phi) is 9.39. The lowest BCUT2D eigenvalue weighted by Crippen LogP contribution is -2.26. The number of nitrogens with one attached hydrogen (secondary N) is 1. The Hall–Kier alpha value is -2.08. The van der Waals surface area contributed by atoms with Crippen LogP contribution in [0, 0.1) is 5.82 Å². The van der Waals surface area contributed by atoms with Gasteiger partial charge in [-0.25, -0.2) is 4.39 Å². The molecule has 0 spiro atoms. The summed E-state index contributed by atoms with van der Waals surface area (Å²) >= 11 is 9.74. The van der Waals surface area contributed by atoms with Gasteiger partial charge < -0.3 is 14.8 Å². The number of hydrogen-bond acceptors (Lipinski definition) is 3. The van der Waals surface area contributed by atoms with E-state index in [9.17, 15) is 4.39 Å². The van der Waals surface area contributed by atoms with Crippen LogP contribution in [0.5, 0.6) is 11.5 Å². The van der Waals surface area contributed by atoms with Gasteiger partial charge in [-0.15, -0.1) is 0 Å². The van der Waals surface area contributed by atoms with E-state index in [1.165, 1.54) is 17.7 Å². The fourth-order valence-electron chi connectivity index (χ4n) is 3.34. The van der Waals surface area contributed by atoms with Crippen molar-refractivity contribution in [2.75, 3.05) is 6.61 Å². The average Bonchev–Trinajstić information content (AvgIpc) is 2.78. The highest BCUT2D eigenvalue weighted by atomic mass is 79.9. The zero-order valence-corrected chi connectivity index (χ0v) is 20.7. The van der Waals surface area contributed by atoms with E-state index in [4.69, 9.17) is 21.1 Å². The van der Waals surface area contributed by atoms with Crippen molar-refractivity contribution in [2.24, 2.45) is 0 Å². The number of hydrogen-bond donors (Lipinski definition) is 1. The van der Waals surface area contributed by atoms with E-state index in [0.29, 0.717) is 34.7 Å². The zero-order valence-electron chi connectivity index (χ0n) is 18.3. The van der Waals surface area contributed by atoms with Crippen molar-refractivity contribution in [3.8, 4) is 11.5 Å². The zero-order chi connectivity index (χ0) is 22.9. The van der Waals surface area contributed by atoms with Gasteiger partial charge in [0.1, 0.15) is 12.4 Å². The second-order valence-corrected chi connectivity index (χ2v) is 8.93. The molecule has 0 amide bonds. The molecule has 0 fully saturated rings. The molecule has 3 nitrogen and oxygen atoms in total. The van der Waals surface area contributed by atoms with Gasteiger partial charge in [-0.2, -0.15) is 0 Å². The van der Waals surface area contributed by atoms with Crippen LogP contribution in [0.1, 0.15) is 37.0 Å². The van der Waals surface area contributed by atoms with Gasteiger partial charge in [0.25, 0.3) is 0 Å². The first-order chi connectivity index (χ1) is 15.5. The average molecular weight is 521 g/mol. The van der Waals surface area contributed by atoms with Gasteiger partial charge in [0.15, 0.2) is 11.5 Å². The maximum atomic E-state index is 13.3. The van der Waals surface area contributed by atoms with E-state index in [1.807, 2.05) is 25.1 Å². The van der Waals surface area contributed by atoms with E-state index >= 15 is 0 Å².